The fourth-order valence-corrected chi connectivity index (χ4v) is 1.88. The minimum atomic E-state index is -1.04. The lowest BCUT2D eigenvalue weighted by molar-refractivity contribution is 0.0696. The molecule has 2 N–H and O–H groups in total. The van der Waals surface area contributed by atoms with Crippen LogP contribution in [0.5, 0.6) is 0 Å². The maximum atomic E-state index is 11.0. The zero-order valence-electron chi connectivity index (χ0n) is 10.5. The summed E-state index contributed by atoms with van der Waals surface area (Å²) in [5, 5.41) is 21.4. The van der Waals surface area contributed by atoms with Crippen molar-refractivity contribution in [3.8, 4) is 6.07 Å². The third-order valence-electron chi connectivity index (χ3n) is 2.57. The minimum absolute atomic E-state index is 0.125. The summed E-state index contributed by atoms with van der Waals surface area (Å²) in [6.45, 7) is 1.70. The summed E-state index contributed by atoms with van der Waals surface area (Å²) in [4.78, 5) is 15.2. The van der Waals surface area contributed by atoms with Crippen molar-refractivity contribution in [2.24, 2.45) is 0 Å². The van der Waals surface area contributed by atoms with Gasteiger partial charge in [-0.3, -0.25) is 0 Å². The monoisotopic (exact) mass is 287 g/mol. The molecule has 6 heteroatoms. The van der Waals surface area contributed by atoms with Gasteiger partial charge in [0.2, 0.25) is 0 Å². The Morgan fingerprint density at radius 1 is 1.40 bits per heavy atom. The van der Waals surface area contributed by atoms with Crippen molar-refractivity contribution in [3.05, 3.63) is 52.2 Å². The number of carboxylic acid groups (broad SMARTS) is 1. The molecule has 0 amide bonds. The fourth-order valence-electron chi connectivity index (χ4n) is 1.71. The second-order valence-electron chi connectivity index (χ2n) is 4.11. The summed E-state index contributed by atoms with van der Waals surface area (Å²) >= 11 is 5.89. The highest BCUT2D eigenvalue weighted by Crippen LogP contribution is 2.24. The molecule has 0 aliphatic rings. The van der Waals surface area contributed by atoms with Crippen LogP contribution in [0.4, 0.5) is 11.5 Å². The van der Waals surface area contributed by atoms with E-state index in [1.165, 1.54) is 12.1 Å². The fraction of sp³-hybridized carbons (Fsp3) is 0.0714. The Balaban J connectivity index is 2.42. The molecule has 1 heterocycles. The number of hydrogen-bond donors (Lipinski definition) is 2. The molecule has 2 rings (SSSR count). The number of pyridine rings is 1. The Bertz CT molecular complexity index is 723. The van der Waals surface area contributed by atoms with Gasteiger partial charge in [0.25, 0.3) is 0 Å². The highest BCUT2D eigenvalue weighted by molar-refractivity contribution is 6.30. The van der Waals surface area contributed by atoms with Crippen LogP contribution < -0.4 is 5.32 Å². The molecule has 0 bridgehead atoms. The number of anilines is 2. The van der Waals surface area contributed by atoms with E-state index in [-0.39, 0.29) is 5.56 Å². The lowest BCUT2D eigenvalue weighted by Crippen LogP contribution is -2.02. The Labute approximate surface area is 120 Å². The van der Waals surface area contributed by atoms with Crippen LogP contribution in [0.1, 0.15) is 21.6 Å². The predicted octanol–water partition coefficient (Wildman–Crippen LogP) is 3.36. The SMILES string of the molecule is Cc1cc(C(=O)O)cc(Nc2cc(Cl)ccc2C#N)n1. The average Bonchev–Trinajstić information content (AvgIpc) is 2.38. The van der Waals surface area contributed by atoms with Gasteiger partial charge in [-0.05, 0) is 37.3 Å². The Morgan fingerprint density at radius 2 is 2.15 bits per heavy atom. The van der Waals surface area contributed by atoms with Crippen LogP contribution in [0.2, 0.25) is 5.02 Å². The molecule has 20 heavy (non-hydrogen) atoms. The van der Waals surface area contributed by atoms with Crippen molar-refractivity contribution >= 4 is 29.1 Å². The molecule has 0 aliphatic heterocycles. The van der Waals surface area contributed by atoms with Gasteiger partial charge >= 0.3 is 5.97 Å². The third-order valence-corrected chi connectivity index (χ3v) is 2.80. The normalized spacial score (nSPS) is 9.85. The lowest BCUT2D eigenvalue weighted by atomic mass is 10.2. The largest absolute Gasteiger partial charge is 0.478 e. The molecular formula is C14H10ClN3O2. The first-order valence-electron chi connectivity index (χ1n) is 5.68. The summed E-state index contributed by atoms with van der Waals surface area (Å²) in [6.07, 6.45) is 0. The number of rotatable bonds is 3. The van der Waals surface area contributed by atoms with Gasteiger partial charge in [-0.2, -0.15) is 5.26 Å². The van der Waals surface area contributed by atoms with Crippen molar-refractivity contribution in [1.82, 2.24) is 4.98 Å². The molecule has 1 aromatic carbocycles. The summed E-state index contributed by atoms with van der Waals surface area (Å²) in [7, 11) is 0. The highest BCUT2D eigenvalue weighted by atomic mass is 35.5. The van der Waals surface area contributed by atoms with E-state index in [1.807, 2.05) is 6.07 Å². The summed E-state index contributed by atoms with van der Waals surface area (Å²) in [6, 6.07) is 9.68. The number of carbonyl (C=O) groups is 1. The van der Waals surface area contributed by atoms with E-state index >= 15 is 0 Å². The van der Waals surface area contributed by atoms with E-state index < -0.39 is 5.97 Å². The van der Waals surface area contributed by atoms with Crippen LogP contribution in [-0.2, 0) is 0 Å². The second kappa shape index (κ2) is 5.59. The van der Waals surface area contributed by atoms with Crippen molar-refractivity contribution in [1.29, 1.82) is 5.26 Å². The Kier molecular flexibility index (Phi) is 3.87. The van der Waals surface area contributed by atoms with E-state index in [0.717, 1.165) is 0 Å². The average molecular weight is 288 g/mol. The van der Waals surface area contributed by atoms with Gasteiger partial charge in [-0.15, -0.1) is 0 Å². The van der Waals surface area contributed by atoms with Gasteiger partial charge in [-0.25, -0.2) is 9.78 Å². The molecule has 1 aromatic heterocycles. The zero-order chi connectivity index (χ0) is 14.7. The van der Waals surface area contributed by atoms with Crippen LogP contribution in [-0.4, -0.2) is 16.1 Å². The maximum absolute atomic E-state index is 11.0. The molecule has 0 aliphatic carbocycles. The zero-order valence-corrected chi connectivity index (χ0v) is 11.3. The molecule has 0 saturated carbocycles. The third kappa shape index (κ3) is 3.05. The molecule has 2 aromatic rings. The van der Waals surface area contributed by atoms with Crippen LogP contribution in [0.3, 0.4) is 0 Å². The Hall–Kier alpha value is -2.58. The first-order valence-corrected chi connectivity index (χ1v) is 6.06. The minimum Gasteiger partial charge on any atom is -0.478 e. The summed E-state index contributed by atoms with van der Waals surface area (Å²) < 4.78 is 0. The van der Waals surface area contributed by atoms with Crippen molar-refractivity contribution in [3.63, 3.8) is 0 Å². The molecule has 0 atom stereocenters. The van der Waals surface area contributed by atoms with Crippen molar-refractivity contribution in [2.45, 2.75) is 6.92 Å². The van der Waals surface area contributed by atoms with Gasteiger partial charge in [0, 0.05) is 10.7 Å². The van der Waals surface area contributed by atoms with E-state index in [0.29, 0.717) is 27.8 Å². The first-order chi connectivity index (χ1) is 9.49. The van der Waals surface area contributed by atoms with E-state index in [4.69, 9.17) is 22.0 Å². The van der Waals surface area contributed by atoms with E-state index in [1.54, 1.807) is 25.1 Å². The number of nitrogens with one attached hydrogen (secondary N) is 1. The van der Waals surface area contributed by atoms with Crippen molar-refractivity contribution in [2.75, 3.05) is 5.32 Å². The molecule has 5 nitrogen and oxygen atoms in total. The van der Waals surface area contributed by atoms with Gasteiger partial charge < -0.3 is 10.4 Å². The summed E-state index contributed by atoms with van der Waals surface area (Å²) in [5.41, 5.74) is 1.57. The second-order valence-corrected chi connectivity index (χ2v) is 4.55. The summed E-state index contributed by atoms with van der Waals surface area (Å²) in [5.74, 6) is -0.689. The number of nitriles is 1. The number of carboxylic acids is 1. The quantitative estimate of drug-likeness (QED) is 0.904. The molecule has 100 valence electrons. The van der Waals surface area contributed by atoms with Gasteiger partial charge in [0.1, 0.15) is 11.9 Å². The first kappa shape index (κ1) is 13.8. The number of aryl methyl sites for hydroxylation is 1. The number of benzene rings is 1. The van der Waals surface area contributed by atoms with E-state index in [2.05, 4.69) is 10.3 Å². The van der Waals surface area contributed by atoms with Gasteiger partial charge in [0.15, 0.2) is 0 Å². The molecule has 0 spiro atoms. The Morgan fingerprint density at radius 3 is 2.80 bits per heavy atom. The van der Waals surface area contributed by atoms with Crippen molar-refractivity contribution < 1.29 is 9.90 Å². The van der Waals surface area contributed by atoms with Crippen LogP contribution >= 0.6 is 11.6 Å². The predicted molar refractivity (Wildman–Crippen MR) is 75.4 cm³/mol. The molecule has 0 saturated heterocycles. The number of aromatic carboxylic acids is 1. The molecular weight excluding hydrogens is 278 g/mol. The van der Waals surface area contributed by atoms with Crippen LogP contribution in [0.25, 0.3) is 0 Å². The van der Waals surface area contributed by atoms with Crippen LogP contribution in [0.15, 0.2) is 30.3 Å². The number of halogens is 1. The molecule has 0 fully saturated rings. The maximum Gasteiger partial charge on any atom is 0.335 e. The van der Waals surface area contributed by atoms with Gasteiger partial charge in [-0.1, -0.05) is 11.6 Å². The van der Waals surface area contributed by atoms with Gasteiger partial charge in [0.05, 0.1) is 16.8 Å². The number of nitrogens with zero attached hydrogens (tertiary/aromatic N) is 2. The topological polar surface area (TPSA) is 86.0 Å². The molecule has 0 unspecified atom stereocenters. The standard InChI is InChI=1S/C14H10ClN3O2/c1-8-4-10(14(19)20)5-13(17-8)18-12-6-11(15)3-2-9(12)7-16/h2-6H,1H3,(H,17,18)(H,19,20). The highest BCUT2D eigenvalue weighted by Gasteiger charge is 2.09. The smallest absolute Gasteiger partial charge is 0.335 e. The number of aromatic nitrogens is 1. The van der Waals surface area contributed by atoms with Crippen LogP contribution in [0, 0.1) is 18.3 Å². The molecule has 0 radical (unpaired) electrons. The lowest BCUT2D eigenvalue weighted by Gasteiger charge is -2.09. The van der Waals surface area contributed by atoms with E-state index in [9.17, 15) is 4.79 Å². The number of hydrogen-bond acceptors (Lipinski definition) is 4.